The molecule has 1 unspecified atom stereocenters. The van der Waals surface area contributed by atoms with Crippen LogP contribution in [0.4, 0.5) is 0 Å². The second kappa shape index (κ2) is 7.57. The molecule has 16 heavy (non-hydrogen) atoms. The van der Waals surface area contributed by atoms with Crippen LogP contribution in [0, 0.1) is 5.92 Å². The van der Waals surface area contributed by atoms with Gasteiger partial charge >= 0.3 is 0 Å². The SMILES string of the molecule is CCSC1(CNCC(C)CC)CCOCC1. The number of ether oxygens (including phenoxy) is 1. The summed E-state index contributed by atoms with van der Waals surface area (Å²) in [6.45, 7) is 11.0. The van der Waals surface area contributed by atoms with Gasteiger partial charge in [0.1, 0.15) is 0 Å². The third-order valence-electron chi connectivity index (χ3n) is 3.49. The predicted molar refractivity (Wildman–Crippen MR) is 73.2 cm³/mol. The average molecular weight is 245 g/mol. The van der Waals surface area contributed by atoms with Gasteiger partial charge in [-0.2, -0.15) is 11.8 Å². The van der Waals surface area contributed by atoms with Crippen molar-refractivity contribution in [3.8, 4) is 0 Å². The third-order valence-corrected chi connectivity index (χ3v) is 4.95. The second-order valence-corrected chi connectivity index (χ2v) is 6.60. The van der Waals surface area contributed by atoms with E-state index >= 15 is 0 Å². The van der Waals surface area contributed by atoms with Crippen LogP contribution in [0.3, 0.4) is 0 Å². The van der Waals surface area contributed by atoms with Gasteiger partial charge in [-0.25, -0.2) is 0 Å². The smallest absolute Gasteiger partial charge is 0.0479 e. The zero-order chi connectivity index (χ0) is 11.9. The molecule has 0 bridgehead atoms. The van der Waals surface area contributed by atoms with Crippen molar-refractivity contribution in [3.63, 3.8) is 0 Å². The molecule has 0 aliphatic carbocycles. The molecule has 1 rings (SSSR count). The normalized spacial score (nSPS) is 21.9. The minimum atomic E-state index is 0.445. The molecule has 96 valence electrons. The molecule has 0 aromatic rings. The van der Waals surface area contributed by atoms with Crippen LogP contribution in [0.5, 0.6) is 0 Å². The molecule has 3 heteroatoms. The fourth-order valence-electron chi connectivity index (χ4n) is 2.11. The van der Waals surface area contributed by atoms with Crippen molar-refractivity contribution >= 4 is 11.8 Å². The van der Waals surface area contributed by atoms with E-state index in [1.54, 1.807) is 0 Å². The maximum Gasteiger partial charge on any atom is 0.0479 e. The van der Waals surface area contributed by atoms with Crippen molar-refractivity contribution in [2.45, 2.75) is 44.8 Å². The predicted octanol–water partition coefficient (Wildman–Crippen LogP) is 2.92. The van der Waals surface area contributed by atoms with Gasteiger partial charge in [0.15, 0.2) is 0 Å². The van der Waals surface area contributed by atoms with Gasteiger partial charge < -0.3 is 10.1 Å². The van der Waals surface area contributed by atoms with E-state index in [0.29, 0.717) is 4.75 Å². The van der Waals surface area contributed by atoms with Gasteiger partial charge in [-0.3, -0.25) is 0 Å². The summed E-state index contributed by atoms with van der Waals surface area (Å²) in [5, 5.41) is 3.66. The molecule has 1 fully saturated rings. The standard InChI is InChI=1S/C13H27NOS/c1-4-12(3)10-14-11-13(16-5-2)6-8-15-9-7-13/h12,14H,4-11H2,1-3H3. The first-order chi connectivity index (χ1) is 7.72. The molecule has 1 heterocycles. The Kier molecular flexibility index (Phi) is 6.78. The van der Waals surface area contributed by atoms with E-state index in [1.165, 1.54) is 25.0 Å². The lowest BCUT2D eigenvalue weighted by molar-refractivity contribution is 0.0770. The molecule has 0 aromatic heterocycles. The highest BCUT2D eigenvalue weighted by atomic mass is 32.2. The van der Waals surface area contributed by atoms with Crippen molar-refractivity contribution in [2.24, 2.45) is 5.92 Å². The minimum Gasteiger partial charge on any atom is -0.381 e. The van der Waals surface area contributed by atoms with Gasteiger partial charge in [-0.1, -0.05) is 27.2 Å². The topological polar surface area (TPSA) is 21.3 Å². The van der Waals surface area contributed by atoms with E-state index in [0.717, 1.165) is 32.2 Å². The van der Waals surface area contributed by atoms with E-state index < -0.39 is 0 Å². The van der Waals surface area contributed by atoms with E-state index in [-0.39, 0.29) is 0 Å². The molecular formula is C13H27NOS. The molecule has 2 nitrogen and oxygen atoms in total. The van der Waals surface area contributed by atoms with Crippen molar-refractivity contribution < 1.29 is 4.74 Å². The van der Waals surface area contributed by atoms with Gasteiger partial charge in [0.05, 0.1) is 0 Å². The van der Waals surface area contributed by atoms with Crippen LogP contribution in [0.25, 0.3) is 0 Å². The Morgan fingerprint density at radius 1 is 1.31 bits per heavy atom. The Labute approximate surface area is 105 Å². The third kappa shape index (κ3) is 4.64. The molecular weight excluding hydrogens is 218 g/mol. The molecule has 1 aliphatic heterocycles. The lowest BCUT2D eigenvalue weighted by Gasteiger charge is -2.37. The molecule has 1 aliphatic rings. The Morgan fingerprint density at radius 2 is 2.00 bits per heavy atom. The highest BCUT2D eigenvalue weighted by molar-refractivity contribution is 8.00. The lowest BCUT2D eigenvalue weighted by atomic mass is 9.98. The monoisotopic (exact) mass is 245 g/mol. The number of nitrogens with one attached hydrogen (secondary N) is 1. The van der Waals surface area contributed by atoms with E-state index in [4.69, 9.17) is 4.74 Å². The first-order valence-corrected chi connectivity index (χ1v) is 7.63. The molecule has 1 N–H and O–H groups in total. The zero-order valence-electron chi connectivity index (χ0n) is 11.1. The summed E-state index contributed by atoms with van der Waals surface area (Å²) in [5.41, 5.74) is 0. The Hall–Kier alpha value is 0.270. The summed E-state index contributed by atoms with van der Waals surface area (Å²) in [6, 6.07) is 0. The number of rotatable bonds is 7. The van der Waals surface area contributed by atoms with Crippen LogP contribution >= 0.6 is 11.8 Å². The summed E-state index contributed by atoms with van der Waals surface area (Å²) in [7, 11) is 0. The lowest BCUT2D eigenvalue weighted by Crippen LogP contribution is -2.43. The quantitative estimate of drug-likeness (QED) is 0.745. The van der Waals surface area contributed by atoms with E-state index in [9.17, 15) is 0 Å². The molecule has 0 radical (unpaired) electrons. The molecule has 1 atom stereocenters. The van der Waals surface area contributed by atoms with Crippen LogP contribution in [-0.4, -0.2) is 36.8 Å². The first-order valence-electron chi connectivity index (χ1n) is 6.65. The summed E-state index contributed by atoms with van der Waals surface area (Å²) >= 11 is 2.12. The summed E-state index contributed by atoms with van der Waals surface area (Å²) < 4.78 is 5.92. The van der Waals surface area contributed by atoms with Crippen molar-refractivity contribution in [1.82, 2.24) is 5.32 Å². The maximum atomic E-state index is 5.48. The molecule has 0 spiro atoms. The summed E-state index contributed by atoms with van der Waals surface area (Å²) in [4.78, 5) is 0. The second-order valence-electron chi connectivity index (χ2n) is 4.87. The van der Waals surface area contributed by atoms with Crippen LogP contribution in [0.2, 0.25) is 0 Å². The van der Waals surface area contributed by atoms with Crippen LogP contribution in [0.1, 0.15) is 40.0 Å². The minimum absolute atomic E-state index is 0.445. The largest absolute Gasteiger partial charge is 0.381 e. The van der Waals surface area contributed by atoms with Gasteiger partial charge in [0.2, 0.25) is 0 Å². The van der Waals surface area contributed by atoms with Gasteiger partial charge in [-0.15, -0.1) is 0 Å². The molecule has 1 saturated heterocycles. The summed E-state index contributed by atoms with van der Waals surface area (Å²) in [5.74, 6) is 2.01. The average Bonchev–Trinajstić information content (AvgIpc) is 2.30. The zero-order valence-corrected chi connectivity index (χ0v) is 11.9. The van der Waals surface area contributed by atoms with Gasteiger partial charge in [0.25, 0.3) is 0 Å². The molecule has 0 saturated carbocycles. The van der Waals surface area contributed by atoms with Crippen molar-refractivity contribution in [3.05, 3.63) is 0 Å². The van der Waals surface area contributed by atoms with E-state index in [1.807, 2.05) is 0 Å². The Bertz CT molecular complexity index is 175. The van der Waals surface area contributed by atoms with Gasteiger partial charge in [0, 0.05) is 24.5 Å². The highest BCUT2D eigenvalue weighted by Gasteiger charge is 2.32. The number of hydrogen-bond acceptors (Lipinski definition) is 3. The van der Waals surface area contributed by atoms with Crippen LogP contribution in [0.15, 0.2) is 0 Å². The van der Waals surface area contributed by atoms with Crippen LogP contribution in [-0.2, 0) is 4.74 Å². The van der Waals surface area contributed by atoms with Crippen molar-refractivity contribution in [2.75, 3.05) is 32.1 Å². The fraction of sp³-hybridized carbons (Fsp3) is 1.00. The molecule has 0 amide bonds. The number of thioether (sulfide) groups is 1. The highest BCUT2D eigenvalue weighted by Crippen LogP contribution is 2.34. The van der Waals surface area contributed by atoms with Crippen molar-refractivity contribution in [1.29, 1.82) is 0 Å². The molecule has 0 aromatic carbocycles. The summed E-state index contributed by atoms with van der Waals surface area (Å²) in [6.07, 6.45) is 3.68. The van der Waals surface area contributed by atoms with Crippen LogP contribution < -0.4 is 5.32 Å². The Balaban J connectivity index is 2.32. The Morgan fingerprint density at radius 3 is 2.56 bits per heavy atom. The van der Waals surface area contributed by atoms with E-state index in [2.05, 4.69) is 37.8 Å². The maximum absolute atomic E-state index is 5.48. The first kappa shape index (κ1) is 14.3. The number of hydrogen-bond donors (Lipinski definition) is 1. The fourth-order valence-corrected chi connectivity index (χ4v) is 3.38. The van der Waals surface area contributed by atoms with Gasteiger partial charge in [-0.05, 0) is 31.1 Å².